The van der Waals surface area contributed by atoms with E-state index in [9.17, 15) is 4.79 Å². The van der Waals surface area contributed by atoms with Crippen molar-refractivity contribution in [2.75, 3.05) is 12.0 Å². The summed E-state index contributed by atoms with van der Waals surface area (Å²) in [7, 11) is 1.61. The van der Waals surface area contributed by atoms with Gasteiger partial charge in [0, 0.05) is 5.56 Å². The fraction of sp³-hybridized carbons (Fsp3) is 0.192. The van der Waals surface area contributed by atoms with Crippen LogP contribution in [0.3, 0.4) is 0 Å². The van der Waals surface area contributed by atoms with E-state index in [4.69, 9.17) is 4.74 Å². The van der Waals surface area contributed by atoms with Gasteiger partial charge in [0.15, 0.2) is 0 Å². The molecule has 32 heavy (non-hydrogen) atoms. The van der Waals surface area contributed by atoms with Gasteiger partial charge in [0.05, 0.1) is 19.2 Å². The number of rotatable bonds is 4. The molecule has 0 radical (unpaired) electrons. The maximum atomic E-state index is 13.7. The van der Waals surface area contributed by atoms with Gasteiger partial charge >= 0.3 is 0 Å². The molecule has 160 valence electrons. The summed E-state index contributed by atoms with van der Waals surface area (Å²) in [6, 6.07) is 25.6. The highest BCUT2D eigenvalue weighted by atomic mass is 16.5. The van der Waals surface area contributed by atoms with Crippen LogP contribution in [0, 0.1) is 6.92 Å². The first-order valence-electron chi connectivity index (χ1n) is 10.6. The van der Waals surface area contributed by atoms with Crippen LogP contribution in [0.15, 0.2) is 85.2 Å². The molecule has 0 N–H and O–H groups in total. The molecule has 0 aliphatic carbocycles. The maximum Gasteiger partial charge on any atom is 0.261 e. The minimum atomic E-state index is -0.172. The fourth-order valence-corrected chi connectivity index (χ4v) is 4.32. The smallest absolute Gasteiger partial charge is 0.261 e. The molecule has 1 amide bonds. The first-order valence-corrected chi connectivity index (χ1v) is 10.6. The van der Waals surface area contributed by atoms with Gasteiger partial charge < -0.3 is 4.74 Å². The lowest BCUT2D eigenvalue weighted by molar-refractivity contribution is 0.0963. The number of fused-ring (bicyclic) bond motifs is 1. The third-order valence-corrected chi connectivity index (χ3v) is 6.03. The average molecular weight is 425 g/mol. The van der Waals surface area contributed by atoms with Gasteiger partial charge in [0.2, 0.25) is 5.95 Å². The van der Waals surface area contributed by atoms with Gasteiger partial charge in [0.25, 0.3) is 5.91 Å². The number of methoxy groups -OCH3 is 1. The zero-order chi connectivity index (χ0) is 22.1. The molecule has 1 aromatic heterocycles. The largest absolute Gasteiger partial charge is 0.497 e. The van der Waals surface area contributed by atoms with Crippen LogP contribution in [-0.4, -0.2) is 27.8 Å². The quantitative estimate of drug-likeness (QED) is 0.464. The molecule has 2 atom stereocenters. The number of hydrogen-bond donors (Lipinski definition) is 0. The topological polar surface area (TPSA) is 60.2 Å². The summed E-state index contributed by atoms with van der Waals surface area (Å²) < 4.78 is 7.12. The van der Waals surface area contributed by atoms with E-state index < -0.39 is 0 Å². The molecule has 0 fully saturated rings. The lowest BCUT2D eigenvalue weighted by Gasteiger charge is -2.39. The summed E-state index contributed by atoms with van der Waals surface area (Å²) >= 11 is 0. The van der Waals surface area contributed by atoms with Gasteiger partial charge in [-0.2, -0.15) is 10.1 Å². The van der Waals surface area contributed by atoms with Crippen LogP contribution in [0.1, 0.15) is 45.6 Å². The van der Waals surface area contributed by atoms with Crippen molar-refractivity contribution in [3.8, 4) is 5.75 Å². The van der Waals surface area contributed by atoms with Gasteiger partial charge in [-0.3, -0.25) is 9.69 Å². The van der Waals surface area contributed by atoms with E-state index in [0.29, 0.717) is 23.7 Å². The van der Waals surface area contributed by atoms with E-state index in [1.807, 2.05) is 22.9 Å². The Morgan fingerprint density at radius 3 is 2.28 bits per heavy atom. The molecule has 6 nitrogen and oxygen atoms in total. The van der Waals surface area contributed by atoms with Crippen molar-refractivity contribution < 1.29 is 9.53 Å². The molecule has 0 bridgehead atoms. The van der Waals surface area contributed by atoms with Crippen molar-refractivity contribution >= 4 is 11.9 Å². The summed E-state index contributed by atoms with van der Waals surface area (Å²) in [6.45, 7) is 2.08. The molecule has 0 saturated heterocycles. The van der Waals surface area contributed by atoms with Crippen molar-refractivity contribution in [3.63, 3.8) is 0 Å². The third kappa shape index (κ3) is 3.54. The average Bonchev–Trinajstić information content (AvgIpc) is 3.34. The second-order valence-electron chi connectivity index (χ2n) is 8.00. The molecular formula is C26H24N4O2. The molecule has 0 saturated carbocycles. The van der Waals surface area contributed by atoms with Crippen LogP contribution in [-0.2, 0) is 0 Å². The second kappa shape index (κ2) is 8.30. The number of hydrogen-bond acceptors (Lipinski definition) is 4. The molecule has 1 aliphatic heterocycles. The number of nitrogens with zero attached hydrogens (tertiary/aromatic N) is 4. The lowest BCUT2D eigenvalue weighted by Crippen LogP contribution is -2.42. The molecule has 0 spiro atoms. The minimum absolute atomic E-state index is 0.0155. The van der Waals surface area contributed by atoms with Crippen molar-refractivity contribution in [2.45, 2.75) is 25.4 Å². The van der Waals surface area contributed by atoms with E-state index in [1.165, 1.54) is 11.9 Å². The minimum Gasteiger partial charge on any atom is -0.497 e. The Bertz CT molecular complexity index is 1220. The Kier molecular flexibility index (Phi) is 5.19. The summed E-state index contributed by atoms with van der Waals surface area (Å²) in [6.07, 6.45) is 2.23. The summed E-state index contributed by atoms with van der Waals surface area (Å²) in [5.74, 6) is 1.15. The highest BCUT2D eigenvalue weighted by molar-refractivity contribution is 6.06. The molecule has 3 aromatic carbocycles. The Labute approximate surface area is 187 Å². The van der Waals surface area contributed by atoms with Crippen LogP contribution < -0.4 is 9.64 Å². The Hall–Kier alpha value is -3.93. The number of aryl methyl sites for hydroxylation is 1. The molecule has 0 unspecified atom stereocenters. The summed E-state index contributed by atoms with van der Waals surface area (Å²) in [5, 5.41) is 4.51. The zero-order valence-electron chi connectivity index (χ0n) is 18.1. The van der Waals surface area contributed by atoms with Crippen LogP contribution >= 0.6 is 0 Å². The lowest BCUT2D eigenvalue weighted by atomic mass is 9.91. The first-order chi connectivity index (χ1) is 15.7. The number of benzene rings is 3. The number of aromatic nitrogens is 3. The predicted molar refractivity (Wildman–Crippen MR) is 123 cm³/mol. The molecule has 1 aliphatic rings. The standard InChI is InChI=1S/C26H24N4O2/c1-18-8-10-20(11-9-18)24-16-23(19-6-4-3-5-7-19)29(26-27-17-28-30(24)26)25(31)21-12-14-22(32-2)15-13-21/h3-15,17,23-24H,16H2,1-2H3/t23-,24-/m0/s1. The van der Waals surface area contributed by atoms with Crippen molar-refractivity contribution in [1.29, 1.82) is 0 Å². The normalized spacial score (nSPS) is 17.6. The van der Waals surface area contributed by atoms with Gasteiger partial charge in [-0.05, 0) is 48.7 Å². The number of anilines is 1. The monoisotopic (exact) mass is 424 g/mol. The number of carbonyl (C=O) groups excluding carboxylic acids is 1. The molecule has 5 rings (SSSR count). The predicted octanol–water partition coefficient (Wildman–Crippen LogP) is 4.98. The SMILES string of the molecule is COc1ccc(C(=O)N2c3ncnn3[C@H](c3ccc(C)cc3)C[C@H]2c2ccccc2)cc1. The molecule has 4 aromatic rings. The fourth-order valence-electron chi connectivity index (χ4n) is 4.32. The maximum absolute atomic E-state index is 13.7. The van der Waals surface area contributed by atoms with E-state index in [-0.39, 0.29) is 18.0 Å². The van der Waals surface area contributed by atoms with Gasteiger partial charge in [-0.1, -0.05) is 60.2 Å². The third-order valence-electron chi connectivity index (χ3n) is 6.03. The highest BCUT2D eigenvalue weighted by Crippen LogP contribution is 2.42. The van der Waals surface area contributed by atoms with Gasteiger partial charge in [-0.15, -0.1) is 0 Å². The second-order valence-corrected chi connectivity index (χ2v) is 8.00. The zero-order valence-corrected chi connectivity index (χ0v) is 18.1. The molecule has 6 heteroatoms. The Balaban J connectivity index is 1.61. The van der Waals surface area contributed by atoms with Gasteiger partial charge in [-0.25, -0.2) is 4.68 Å². The van der Waals surface area contributed by atoms with Crippen LogP contribution in [0.2, 0.25) is 0 Å². The summed E-state index contributed by atoms with van der Waals surface area (Å²) in [5.41, 5.74) is 4.01. The number of carbonyl (C=O) groups is 1. The van der Waals surface area contributed by atoms with E-state index >= 15 is 0 Å². The van der Waals surface area contributed by atoms with Gasteiger partial charge in [0.1, 0.15) is 12.1 Å². The van der Waals surface area contributed by atoms with E-state index in [1.54, 1.807) is 36.3 Å². The first kappa shape index (κ1) is 20.0. The molecular weight excluding hydrogens is 400 g/mol. The van der Waals surface area contributed by atoms with E-state index in [2.05, 4.69) is 53.4 Å². The van der Waals surface area contributed by atoms with Crippen molar-refractivity contribution in [3.05, 3.63) is 107 Å². The number of amides is 1. The van der Waals surface area contributed by atoms with E-state index in [0.717, 1.165) is 11.1 Å². The Morgan fingerprint density at radius 1 is 0.906 bits per heavy atom. The number of ether oxygens (including phenoxy) is 1. The molecule has 2 heterocycles. The van der Waals surface area contributed by atoms with Crippen LogP contribution in [0.4, 0.5) is 5.95 Å². The summed E-state index contributed by atoms with van der Waals surface area (Å²) in [4.78, 5) is 20.0. The highest BCUT2D eigenvalue weighted by Gasteiger charge is 2.39. The Morgan fingerprint density at radius 2 is 1.59 bits per heavy atom. The van der Waals surface area contributed by atoms with Crippen LogP contribution in [0.5, 0.6) is 5.75 Å². The van der Waals surface area contributed by atoms with Crippen molar-refractivity contribution in [1.82, 2.24) is 14.8 Å². The van der Waals surface area contributed by atoms with Crippen molar-refractivity contribution in [2.24, 2.45) is 0 Å². The van der Waals surface area contributed by atoms with Crippen LogP contribution in [0.25, 0.3) is 0 Å².